The SMILES string of the molecule is CC1Cc2cc(C(=O)C3=C(C(=O)O)C3)ccc2O1. The Morgan fingerprint density at radius 3 is 2.78 bits per heavy atom. The Bertz CT molecular complexity index is 598. The molecule has 92 valence electrons. The number of ether oxygens (including phenoxy) is 1. The van der Waals surface area contributed by atoms with Gasteiger partial charge in [0.15, 0.2) is 5.78 Å². The average molecular weight is 244 g/mol. The number of rotatable bonds is 3. The fourth-order valence-electron chi connectivity index (χ4n) is 2.29. The minimum Gasteiger partial charge on any atom is -0.490 e. The third-order valence-electron chi connectivity index (χ3n) is 3.28. The van der Waals surface area contributed by atoms with Crippen molar-refractivity contribution >= 4 is 11.8 Å². The summed E-state index contributed by atoms with van der Waals surface area (Å²) in [6.45, 7) is 1.98. The van der Waals surface area contributed by atoms with Crippen LogP contribution in [0.15, 0.2) is 29.3 Å². The number of ketones is 1. The number of carbonyl (C=O) groups excluding carboxylic acids is 1. The predicted molar refractivity (Wildman–Crippen MR) is 63.8 cm³/mol. The van der Waals surface area contributed by atoms with Crippen molar-refractivity contribution in [2.75, 3.05) is 0 Å². The molecule has 1 atom stereocenters. The molecule has 1 unspecified atom stereocenters. The van der Waals surface area contributed by atoms with Crippen LogP contribution in [0.2, 0.25) is 0 Å². The van der Waals surface area contributed by atoms with Crippen molar-refractivity contribution < 1.29 is 19.4 Å². The topological polar surface area (TPSA) is 63.6 Å². The highest BCUT2D eigenvalue weighted by atomic mass is 16.5. The zero-order valence-corrected chi connectivity index (χ0v) is 9.90. The van der Waals surface area contributed by atoms with Crippen molar-refractivity contribution in [1.82, 2.24) is 0 Å². The molecule has 3 rings (SSSR count). The molecular weight excluding hydrogens is 232 g/mol. The molecule has 1 N–H and O–H groups in total. The molecule has 2 aliphatic rings. The summed E-state index contributed by atoms with van der Waals surface area (Å²) in [7, 11) is 0. The molecule has 0 bridgehead atoms. The molecule has 4 heteroatoms. The first-order valence-electron chi connectivity index (χ1n) is 5.86. The molecule has 1 aliphatic heterocycles. The molecule has 4 nitrogen and oxygen atoms in total. The molecule has 0 radical (unpaired) electrons. The minimum atomic E-state index is -0.989. The van der Waals surface area contributed by atoms with E-state index in [9.17, 15) is 9.59 Å². The monoisotopic (exact) mass is 244 g/mol. The summed E-state index contributed by atoms with van der Waals surface area (Å²) in [5, 5.41) is 8.78. The van der Waals surface area contributed by atoms with Gasteiger partial charge >= 0.3 is 5.97 Å². The summed E-state index contributed by atoms with van der Waals surface area (Å²) >= 11 is 0. The van der Waals surface area contributed by atoms with Gasteiger partial charge in [-0.25, -0.2) is 4.79 Å². The second-order valence-electron chi connectivity index (χ2n) is 4.72. The first-order valence-corrected chi connectivity index (χ1v) is 5.86. The van der Waals surface area contributed by atoms with E-state index < -0.39 is 5.97 Å². The number of carbonyl (C=O) groups is 2. The number of hydrogen-bond donors (Lipinski definition) is 1. The summed E-state index contributed by atoms with van der Waals surface area (Å²) in [6.07, 6.45) is 1.24. The van der Waals surface area contributed by atoms with Crippen LogP contribution in [0.3, 0.4) is 0 Å². The van der Waals surface area contributed by atoms with E-state index in [1.165, 1.54) is 0 Å². The van der Waals surface area contributed by atoms with E-state index >= 15 is 0 Å². The van der Waals surface area contributed by atoms with E-state index in [1.54, 1.807) is 12.1 Å². The normalized spacial score (nSPS) is 20.4. The maximum absolute atomic E-state index is 12.0. The minimum absolute atomic E-state index is 0.139. The smallest absolute Gasteiger partial charge is 0.332 e. The van der Waals surface area contributed by atoms with Gasteiger partial charge in [-0.1, -0.05) is 0 Å². The number of hydrogen-bond acceptors (Lipinski definition) is 3. The Morgan fingerprint density at radius 2 is 2.11 bits per heavy atom. The van der Waals surface area contributed by atoms with Crippen LogP contribution in [-0.4, -0.2) is 23.0 Å². The Kier molecular flexibility index (Phi) is 2.26. The number of allylic oxidation sites excluding steroid dienone is 1. The van der Waals surface area contributed by atoms with Crippen molar-refractivity contribution in [3.63, 3.8) is 0 Å². The van der Waals surface area contributed by atoms with Crippen LogP contribution in [0.5, 0.6) is 5.75 Å². The quantitative estimate of drug-likeness (QED) is 0.826. The molecule has 0 spiro atoms. The Hall–Kier alpha value is -2.10. The molecule has 0 amide bonds. The lowest BCUT2D eigenvalue weighted by Crippen LogP contribution is -2.05. The highest BCUT2D eigenvalue weighted by Gasteiger charge is 2.34. The van der Waals surface area contributed by atoms with Gasteiger partial charge in [0.05, 0.1) is 0 Å². The largest absolute Gasteiger partial charge is 0.490 e. The molecule has 18 heavy (non-hydrogen) atoms. The lowest BCUT2D eigenvalue weighted by atomic mass is 10.0. The molecule has 1 aromatic carbocycles. The summed E-state index contributed by atoms with van der Waals surface area (Å²) in [4.78, 5) is 22.7. The van der Waals surface area contributed by atoms with Gasteiger partial charge in [0.1, 0.15) is 11.9 Å². The molecule has 0 aromatic heterocycles. The van der Waals surface area contributed by atoms with Gasteiger partial charge in [-0.3, -0.25) is 4.79 Å². The second kappa shape index (κ2) is 3.70. The van der Waals surface area contributed by atoms with Gasteiger partial charge in [0, 0.05) is 29.6 Å². The zero-order chi connectivity index (χ0) is 12.9. The Morgan fingerprint density at radius 1 is 1.33 bits per heavy atom. The van der Waals surface area contributed by atoms with Crippen LogP contribution in [0.1, 0.15) is 29.3 Å². The maximum atomic E-state index is 12.0. The molecule has 1 aromatic rings. The van der Waals surface area contributed by atoms with Gasteiger partial charge in [0.25, 0.3) is 0 Å². The fraction of sp³-hybridized carbons (Fsp3) is 0.286. The van der Waals surface area contributed by atoms with Crippen LogP contribution >= 0.6 is 0 Å². The van der Waals surface area contributed by atoms with E-state index in [-0.39, 0.29) is 17.5 Å². The first kappa shape index (κ1) is 11.0. The van der Waals surface area contributed by atoms with Gasteiger partial charge in [0.2, 0.25) is 0 Å². The number of benzene rings is 1. The van der Waals surface area contributed by atoms with Crippen molar-refractivity contribution in [1.29, 1.82) is 0 Å². The molecule has 1 heterocycles. The fourth-order valence-corrected chi connectivity index (χ4v) is 2.29. The van der Waals surface area contributed by atoms with E-state index in [2.05, 4.69) is 0 Å². The van der Waals surface area contributed by atoms with Crippen molar-refractivity contribution in [3.8, 4) is 5.75 Å². The van der Waals surface area contributed by atoms with Crippen molar-refractivity contribution in [2.45, 2.75) is 25.9 Å². The molecule has 0 fully saturated rings. The molecule has 1 aliphatic carbocycles. The van der Waals surface area contributed by atoms with Crippen molar-refractivity contribution in [2.24, 2.45) is 0 Å². The van der Waals surface area contributed by atoms with Crippen LogP contribution in [0.25, 0.3) is 0 Å². The third kappa shape index (κ3) is 1.70. The summed E-state index contributed by atoms with van der Waals surface area (Å²) in [5.74, 6) is -0.339. The number of fused-ring (bicyclic) bond motifs is 1. The zero-order valence-electron chi connectivity index (χ0n) is 9.90. The average Bonchev–Trinajstić information content (AvgIpc) is 3.03. The van der Waals surface area contributed by atoms with E-state index in [1.807, 2.05) is 13.0 Å². The van der Waals surface area contributed by atoms with Crippen LogP contribution in [0, 0.1) is 0 Å². The number of aliphatic carboxylic acids is 1. The summed E-state index contributed by atoms with van der Waals surface area (Å²) in [6, 6.07) is 5.30. The second-order valence-corrected chi connectivity index (χ2v) is 4.72. The van der Waals surface area contributed by atoms with Gasteiger partial charge < -0.3 is 9.84 Å². The third-order valence-corrected chi connectivity index (χ3v) is 3.28. The lowest BCUT2D eigenvalue weighted by molar-refractivity contribution is -0.132. The molecular formula is C14H12O4. The Labute approximate surface area is 104 Å². The highest BCUT2D eigenvalue weighted by Crippen LogP contribution is 2.36. The van der Waals surface area contributed by atoms with E-state index in [0.29, 0.717) is 17.6 Å². The van der Waals surface area contributed by atoms with Crippen LogP contribution < -0.4 is 4.74 Å². The first-order chi connectivity index (χ1) is 8.56. The number of carboxylic acids is 1. The predicted octanol–water partition coefficient (Wildman–Crippen LogP) is 1.98. The maximum Gasteiger partial charge on any atom is 0.332 e. The summed E-state index contributed by atoms with van der Waals surface area (Å²) < 4.78 is 5.56. The molecule has 0 saturated carbocycles. The number of carboxylic acid groups (broad SMARTS) is 1. The standard InChI is InChI=1S/C14H12O4/c1-7-4-9-5-8(2-3-12(9)18-7)13(15)10-6-11(10)14(16)17/h2-3,5,7H,4,6H2,1H3,(H,16,17). The summed E-state index contributed by atoms with van der Waals surface area (Å²) in [5.41, 5.74) is 2.24. The highest BCUT2D eigenvalue weighted by molar-refractivity contribution is 6.18. The van der Waals surface area contributed by atoms with Gasteiger partial charge in [-0.2, -0.15) is 0 Å². The van der Waals surface area contributed by atoms with Crippen LogP contribution in [0.4, 0.5) is 0 Å². The van der Waals surface area contributed by atoms with Crippen molar-refractivity contribution in [3.05, 3.63) is 40.5 Å². The van der Waals surface area contributed by atoms with Gasteiger partial charge in [-0.05, 0) is 30.7 Å². The van der Waals surface area contributed by atoms with Gasteiger partial charge in [-0.15, -0.1) is 0 Å². The lowest BCUT2D eigenvalue weighted by Gasteiger charge is -2.02. The number of Topliss-reactive ketones (excluding diaryl/α,β-unsaturated/α-hetero) is 1. The van der Waals surface area contributed by atoms with E-state index in [0.717, 1.165) is 17.7 Å². The van der Waals surface area contributed by atoms with E-state index in [4.69, 9.17) is 9.84 Å². The Balaban J connectivity index is 1.89. The molecule has 0 saturated heterocycles. The van der Waals surface area contributed by atoms with Crippen LogP contribution in [-0.2, 0) is 11.2 Å².